The van der Waals surface area contributed by atoms with Crippen LogP contribution in [0.15, 0.2) is 54.6 Å². The summed E-state index contributed by atoms with van der Waals surface area (Å²) in [5.41, 5.74) is 4.78. The molecule has 184 valence electrons. The van der Waals surface area contributed by atoms with Crippen LogP contribution in [0.4, 0.5) is 4.39 Å². The van der Waals surface area contributed by atoms with Crippen LogP contribution in [0, 0.1) is 5.82 Å². The number of hydrogen-bond donors (Lipinski definition) is 1. The van der Waals surface area contributed by atoms with Crippen molar-refractivity contribution in [3.8, 4) is 22.6 Å². The van der Waals surface area contributed by atoms with Gasteiger partial charge in [-0.3, -0.25) is 4.90 Å². The number of likely N-dealkylation sites (tertiary alicyclic amines) is 1. The molecule has 1 heterocycles. The van der Waals surface area contributed by atoms with Gasteiger partial charge >= 0.3 is 0 Å². The van der Waals surface area contributed by atoms with E-state index in [1.165, 1.54) is 6.07 Å². The molecule has 2 aliphatic rings. The van der Waals surface area contributed by atoms with Gasteiger partial charge < -0.3 is 14.6 Å². The van der Waals surface area contributed by atoms with E-state index in [4.69, 9.17) is 21.1 Å². The smallest absolute Gasteiger partial charge is 0.142 e. The van der Waals surface area contributed by atoms with Gasteiger partial charge in [-0.05, 0) is 61.4 Å². The molecule has 0 saturated carbocycles. The second-order valence-electron chi connectivity index (χ2n) is 9.33. The third-order valence-corrected chi connectivity index (χ3v) is 7.31. The van der Waals surface area contributed by atoms with Crippen LogP contribution in [0.2, 0.25) is 5.02 Å². The average Bonchev–Trinajstić information content (AvgIpc) is 3.27. The highest BCUT2D eigenvalue weighted by molar-refractivity contribution is 6.32. The topological polar surface area (TPSA) is 41.9 Å². The van der Waals surface area contributed by atoms with E-state index in [-0.39, 0.29) is 18.0 Å². The maximum atomic E-state index is 14.5. The van der Waals surface area contributed by atoms with Crippen molar-refractivity contribution < 1.29 is 19.0 Å². The summed E-state index contributed by atoms with van der Waals surface area (Å²) in [5.74, 6) is 1.16. The highest BCUT2D eigenvalue weighted by atomic mass is 35.5. The summed E-state index contributed by atoms with van der Waals surface area (Å²) in [4.78, 5) is 2.32. The van der Waals surface area contributed by atoms with E-state index in [9.17, 15) is 9.50 Å². The number of rotatable bonds is 7. The number of aliphatic hydroxyl groups is 1. The zero-order valence-electron chi connectivity index (χ0n) is 20.0. The summed E-state index contributed by atoms with van der Waals surface area (Å²) in [6.07, 6.45) is 2.84. The van der Waals surface area contributed by atoms with Crippen LogP contribution in [0.3, 0.4) is 0 Å². The molecule has 1 fully saturated rings. The molecular weight excluding hydrogens is 465 g/mol. The quantitative estimate of drug-likeness (QED) is 0.402. The van der Waals surface area contributed by atoms with E-state index in [2.05, 4.69) is 11.0 Å². The number of benzene rings is 3. The van der Waals surface area contributed by atoms with E-state index in [1.807, 2.05) is 43.3 Å². The average molecular weight is 496 g/mol. The summed E-state index contributed by atoms with van der Waals surface area (Å²) in [5, 5.41) is 10.4. The molecule has 0 aromatic heterocycles. The van der Waals surface area contributed by atoms with Crippen molar-refractivity contribution in [2.45, 2.75) is 51.4 Å². The summed E-state index contributed by atoms with van der Waals surface area (Å²) >= 11 is 6.71. The highest BCUT2D eigenvalue weighted by Crippen LogP contribution is 2.43. The minimum atomic E-state index is -0.214. The van der Waals surface area contributed by atoms with E-state index in [0.717, 1.165) is 73.3 Å². The predicted molar refractivity (Wildman–Crippen MR) is 137 cm³/mol. The Morgan fingerprint density at radius 2 is 1.77 bits per heavy atom. The van der Waals surface area contributed by atoms with Gasteiger partial charge in [-0.2, -0.15) is 0 Å². The molecule has 1 aliphatic carbocycles. The fourth-order valence-electron chi connectivity index (χ4n) is 5.22. The fraction of sp³-hybridized carbons (Fsp3) is 0.379. The van der Waals surface area contributed by atoms with E-state index < -0.39 is 0 Å². The lowest BCUT2D eigenvalue weighted by atomic mass is 9.96. The Labute approximate surface area is 211 Å². The first-order valence-corrected chi connectivity index (χ1v) is 12.8. The molecule has 0 spiro atoms. The molecule has 1 N–H and O–H groups in total. The molecule has 3 aromatic carbocycles. The fourth-order valence-corrected chi connectivity index (χ4v) is 5.45. The van der Waals surface area contributed by atoms with Crippen molar-refractivity contribution in [1.82, 2.24) is 4.90 Å². The number of hydrogen-bond acceptors (Lipinski definition) is 4. The van der Waals surface area contributed by atoms with Crippen LogP contribution in [-0.2, 0) is 13.0 Å². The van der Waals surface area contributed by atoms with Crippen LogP contribution >= 0.6 is 11.6 Å². The molecule has 4 nitrogen and oxygen atoms in total. The third kappa shape index (κ3) is 5.18. The Hall–Kier alpha value is -2.60. The zero-order valence-corrected chi connectivity index (χ0v) is 20.7. The molecule has 0 unspecified atom stereocenters. The first-order valence-electron chi connectivity index (χ1n) is 12.4. The van der Waals surface area contributed by atoms with Gasteiger partial charge in [-0.15, -0.1) is 0 Å². The third-order valence-electron chi connectivity index (χ3n) is 7.01. The van der Waals surface area contributed by atoms with Crippen LogP contribution in [0.1, 0.15) is 49.0 Å². The maximum Gasteiger partial charge on any atom is 0.142 e. The Morgan fingerprint density at radius 1 is 1.00 bits per heavy atom. The lowest BCUT2D eigenvalue weighted by Gasteiger charge is -2.30. The predicted octanol–water partition coefficient (Wildman–Crippen LogP) is 6.57. The lowest BCUT2D eigenvalue weighted by molar-refractivity contribution is 0.0788. The van der Waals surface area contributed by atoms with Gasteiger partial charge in [0, 0.05) is 36.8 Å². The number of nitrogens with zero attached hydrogens (tertiary/aromatic N) is 1. The van der Waals surface area contributed by atoms with Crippen LogP contribution < -0.4 is 9.47 Å². The molecule has 35 heavy (non-hydrogen) atoms. The number of piperidine rings is 1. The normalized spacial score (nSPS) is 18.5. The number of halogens is 2. The SMILES string of the molecule is CCOc1cc(O[C@H]2CCc3c(-c4ccccc4F)cccc32)c(Cl)cc1CN1CCC(O)CC1. The van der Waals surface area contributed by atoms with Gasteiger partial charge in [0.15, 0.2) is 0 Å². The molecule has 1 atom stereocenters. The Bertz CT molecular complexity index is 1190. The van der Waals surface area contributed by atoms with Crippen molar-refractivity contribution in [3.05, 3.63) is 82.1 Å². The molecule has 0 radical (unpaired) electrons. The van der Waals surface area contributed by atoms with Gasteiger partial charge in [0.2, 0.25) is 0 Å². The summed E-state index contributed by atoms with van der Waals surface area (Å²) in [6.45, 7) is 4.94. The molecule has 1 saturated heterocycles. The van der Waals surface area contributed by atoms with Gasteiger partial charge in [-0.25, -0.2) is 4.39 Å². The lowest BCUT2D eigenvalue weighted by Crippen LogP contribution is -2.35. The van der Waals surface area contributed by atoms with Gasteiger partial charge in [0.1, 0.15) is 23.4 Å². The van der Waals surface area contributed by atoms with Crippen molar-refractivity contribution in [3.63, 3.8) is 0 Å². The number of ether oxygens (including phenoxy) is 2. The molecule has 3 aromatic rings. The number of fused-ring (bicyclic) bond motifs is 1. The monoisotopic (exact) mass is 495 g/mol. The largest absolute Gasteiger partial charge is 0.493 e. The second-order valence-corrected chi connectivity index (χ2v) is 9.74. The Kier molecular flexibility index (Phi) is 7.28. The van der Waals surface area contributed by atoms with Crippen molar-refractivity contribution >= 4 is 11.6 Å². The zero-order chi connectivity index (χ0) is 24.4. The van der Waals surface area contributed by atoms with Crippen LogP contribution in [-0.4, -0.2) is 35.8 Å². The van der Waals surface area contributed by atoms with Crippen molar-refractivity contribution in [1.29, 1.82) is 0 Å². The molecule has 5 rings (SSSR count). The maximum absolute atomic E-state index is 14.5. The highest BCUT2D eigenvalue weighted by Gasteiger charge is 2.28. The van der Waals surface area contributed by atoms with E-state index in [0.29, 0.717) is 22.9 Å². The molecule has 0 amide bonds. The van der Waals surface area contributed by atoms with Gasteiger partial charge in [-0.1, -0.05) is 48.0 Å². The minimum absolute atomic E-state index is 0.155. The van der Waals surface area contributed by atoms with Crippen LogP contribution in [0.25, 0.3) is 11.1 Å². The van der Waals surface area contributed by atoms with E-state index >= 15 is 0 Å². The van der Waals surface area contributed by atoms with Crippen molar-refractivity contribution in [2.75, 3.05) is 19.7 Å². The van der Waals surface area contributed by atoms with Crippen molar-refractivity contribution in [2.24, 2.45) is 0 Å². The summed E-state index contributed by atoms with van der Waals surface area (Å²) < 4.78 is 26.9. The first-order chi connectivity index (χ1) is 17.0. The van der Waals surface area contributed by atoms with Gasteiger partial charge in [0.25, 0.3) is 0 Å². The molecular formula is C29H31ClFNO3. The summed E-state index contributed by atoms with van der Waals surface area (Å²) in [6, 6.07) is 16.8. The second kappa shape index (κ2) is 10.6. The van der Waals surface area contributed by atoms with Crippen LogP contribution in [0.5, 0.6) is 11.5 Å². The van der Waals surface area contributed by atoms with E-state index in [1.54, 1.807) is 6.07 Å². The molecule has 6 heteroatoms. The van der Waals surface area contributed by atoms with Gasteiger partial charge in [0.05, 0.1) is 17.7 Å². The summed E-state index contributed by atoms with van der Waals surface area (Å²) in [7, 11) is 0. The molecule has 1 aliphatic heterocycles. The first kappa shape index (κ1) is 24.1. The standard InChI is InChI=1S/C29H31ClFNO3/c1-2-34-28-17-29(25(30)16-19(28)18-32-14-12-20(33)13-15-32)35-27-11-10-22-21(7-5-8-24(22)27)23-6-3-4-9-26(23)31/h3-9,16-17,20,27,33H,2,10-15,18H2,1H3/t27-/m0/s1. The number of aliphatic hydroxyl groups excluding tert-OH is 1. The Morgan fingerprint density at radius 3 is 2.54 bits per heavy atom. The Balaban J connectivity index is 1.39. The molecule has 0 bridgehead atoms. The minimum Gasteiger partial charge on any atom is -0.493 e.